The quantitative estimate of drug-likeness (QED) is 0.355. The predicted molar refractivity (Wildman–Crippen MR) is 128 cm³/mol. The summed E-state index contributed by atoms with van der Waals surface area (Å²) in [6.45, 7) is 10.5. The molecule has 1 amide bonds. The minimum Gasteiger partial charge on any atom is -0.444 e. The standard InChI is InChI=1S/C20H34N6O2.HI/c1-7-21-18(22-13-15-9-8-10-17(23-15)25(5)6)26-12-11-16(14-26)24-19(27)28-20(2,3)4;/h8-10,16H,7,11-14H2,1-6H3,(H,21,22)(H,24,27);1H. The third-order valence-corrected chi connectivity index (χ3v) is 4.18. The van der Waals surface area contributed by atoms with Crippen LogP contribution in [0.1, 0.15) is 39.8 Å². The molecule has 1 unspecified atom stereocenters. The number of nitrogens with zero attached hydrogens (tertiary/aromatic N) is 4. The topological polar surface area (TPSA) is 82.1 Å². The predicted octanol–water partition coefficient (Wildman–Crippen LogP) is 2.83. The Morgan fingerprint density at radius 2 is 2.10 bits per heavy atom. The highest BCUT2D eigenvalue weighted by Gasteiger charge is 2.27. The van der Waals surface area contributed by atoms with E-state index in [4.69, 9.17) is 9.73 Å². The van der Waals surface area contributed by atoms with E-state index in [0.29, 0.717) is 13.1 Å². The zero-order valence-electron chi connectivity index (χ0n) is 18.4. The fourth-order valence-electron chi connectivity index (χ4n) is 2.93. The Labute approximate surface area is 191 Å². The first-order chi connectivity index (χ1) is 13.2. The van der Waals surface area contributed by atoms with Gasteiger partial charge in [0.2, 0.25) is 0 Å². The van der Waals surface area contributed by atoms with Gasteiger partial charge in [0.1, 0.15) is 11.4 Å². The van der Waals surface area contributed by atoms with Gasteiger partial charge in [-0.15, -0.1) is 24.0 Å². The van der Waals surface area contributed by atoms with Crippen LogP contribution >= 0.6 is 24.0 Å². The summed E-state index contributed by atoms with van der Waals surface area (Å²) in [5.74, 6) is 1.76. The van der Waals surface area contributed by atoms with Gasteiger partial charge in [-0.25, -0.2) is 14.8 Å². The minimum atomic E-state index is -0.493. The maximum atomic E-state index is 12.0. The molecule has 2 rings (SSSR count). The summed E-state index contributed by atoms with van der Waals surface area (Å²) in [7, 11) is 3.95. The number of pyridine rings is 1. The van der Waals surface area contributed by atoms with Gasteiger partial charge in [-0.1, -0.05) is 6.07 Å². The van der Waals surface area contributed by atoms with Crippen LogP contribution in [0, 0.1) is 0 Å². The van der Waals surface area contributed by atoms with Crippen molar-refractivity contribution in [2.24, 2.45) is 4.99 Å². The van der Waals surface area contributed by atoms with Crippen LogP contribution in [0.25, 0.3) is 0 Å². The van der Waals surface area contributed by atoms with Crippen LogP contribution in [0.2, 0.25) is 0 Å². The van der Waals surface area contributed by atoms with Crippen LogP contribution in [-0.2, 0) is 11.3 Å². The maximum absolute atomic E-state index is 12.0. The molecule has 0 spiro atoms. The van der Waals surface area contributed by atoms with E-state index in [9.17, 15) is 4.79 Å². The number of anilines is 1. The molecule has 1 aliphatic heterocycles. The van der Waals surface area contributed by atoms with Gasteiger partial charge < -0.3 is 25.2 Å². The number of rotatable bonds is 5. The van der Waals surface area contributed by atoms with Crippen molar-refractivity contribution in [3.05, 3.63) is 23.9 Å². The Morgan fingerprint density at radius 1 is 1.38 bits per heavy atom. The first kappa shape index (κ1) is 25.3. The van der Waals surface area contributed by atoms with Gasteiger partial charge in [-0.05, 0) is 46.2 Å². The number of carbonyl (C=O) groups excluding carboxylic acids is 1. The summed E-state index contributed by atoms with van der Waals surface area (Å²) in [6.07, 6.45) is 0.490. The number of ether oxygens (including phenoxy) is 1. The van der Waals surface area contributed by atoms with E-state index in [1.165, 1.54) is 0 Å². The van der Waals surface area contributed by atoms with Crippen molar-refractivity contribution < 1.29 is 9.53 Å². The van der Waals surface area contributed by atoms with E-state index in [0.717, 1.165) is 37.0 Å². The molecule has 164 valence electrons. The summed E-state index contributed by atoms with van der Waals surface area (Å²) >= 11 is 0. The molecule has 0 radical (unpaired) electrons. The number of amides is 1. The molecule has 1 aromatic heterocycles. The molecule has 8 nitrogen and oxygen atoms in total. The average molecular weight is 518 g/mol. The molecule has 2 heterocycles. The van der Waals surface area contributed by atoms with Crippen molar-refractivity contribution >= 4 is 41.8 Å². The fraction of sp³-hybridized carbons (Fsp3) is 0.650. The second-order valence-corrected chi connectivity index (χ2v) is 8.13. The lowest BCUT2D eigenvalue weighted by molar-refractivity contribution is 0.0507. The maximum Gasteiger partial charge on any atom is 0.407 e. The van der Waals surface area contributed by atoms with Crippen molar-refractivity contribution in [1.82, 2.24) is 20.5 Å². The Bertz CT molecular complexity index is 690. The molecular weight excluding hydrogens is 483 g/mol. The van der Waals surface area contributed by atoms with Crippen LogP contribution in [-0.4, -0.2) is 67.3 Å². The highest BCUT2D eigenvalue weighted by Crippen LogP contribution is 2.13. The molecule has 29 heavy (non-hydrogen) atoms. The largest absolute Gasteiger partial charge is 0.444 e. The van der Waals surface area contributed by atoms with Crippen LogP contribution in [0.3, 0.4) is 0 Å². The summed E-state index contributed by atoms with van der Waals surface area (Å²) in [5.41, 5.74) is 0.427. The molecular formula is C20H35IN6O2. The van der Waals surface area contributed by atoms with Crippen LogP contribution in [0.15, 0.2) is 23.2 Å². The first-order valence-corrected chi connectivity index (χ1v) is 9.84. The van der Waals surface area contributed by atoms with Crippen molar-refractivity contribution in [2.45, 2.75) is 52.3 Å². The monoisotopic (exact) mass is 518 g/mol. The lowest BCUT2D eigenvalue weighted by Gasteiger charge is -2.23. The van der Waals surface area contributed by atoms with Gasteiger partial charge in [0.15, 0.2) is 5.96 Å². The van der Waals surface area contributed by atoms with E-state index in [-0.39, 0.29) is 36.1 Å². The molecule has 9 heteroatoms. The number of aromatic nitrogens is 1. The molecule has 1 aromatic rings. The molecule has 1 fully saturated rings. The minimum absolute atomic E-state index is 0. The number of aliphatic imine (C=N–C) groups is 1. The smallest absolute Gasteiger partial charge is 0.407 e. The van der Waals surface area contributed by atoms with Gasteiger partial charge in [-0.3, -0.25) is 0 Å². The van der Waals surface area contributed by atoms with Gasteiger partial charge in [0.05, 0.1) is 18.3 Å². The number of carbonyl (C=O) groups is 1. The first-order valence-electron chi connectivity index (χ1n) is 9.84. The van der Waals surface area contributed by atoms with Crippen LogP contribution < -0.4 is 15.5 Å². The zero-order valence-corrected chi connectivity index (χ0v) is 20.7. The van der Waals surface area contributed by atoms with Gasteiger partial charge in [0, 0.05) is 33.7 Å². The Morgan fingerprint density at radius 3 is 2.72 bits per heavy atom. The van der Waals surface area contributed by atoms with Crippen LogP contribution in [0.5, 0.6) is 0 Å². The second-order valence-electron chi connectivity index (χ2n) is 8.13. The number of hydrogen-bond acceptors (Lipinski definition) is 5. The highest BCUT2D eigenvalue weighted by atomic mass is 127. The van der Waals surface area contributed by atoms with E-state index >= 15 is 0 Å². The number of likely N-dealkylation sites (tertiary alicyclic amines) is 1. The molecule has 1 aliphatic rings. The van der Waals surface area contributed by atoms with E-state index < -0.39 is 5.60 Å². The van der Waals surface area contributed by atoms with E-state index in [1.54, 1.807) is 0 Å². The van der Waals surface area contributed by atoms with E-state index in [2.05, 4.69) is 20.5 Å². The SMILES string of the molecule is CCNC(=NCc1cccc(N(C)C)n1)N1CCC(NC(=O)OC(C)(C)C)C1.I. The second kappa shape index (κ2) is 11.4. The van der Waals surface area contributed by atoms with Crippen molar-refractivity contribution in [3.8, 4) is 0 Å². The van der Waals surface area contributed by atoms with Crippen molar-refractivity contribution in [1.29, 1.82) is 0 Å². The normalized spacial score (nSPS) is 16.8. The molecule has 0 saturated carbocycles. The number of halogens is 1. The lowest BCUT2D eigenvalue weighted by atomic mass is 10.2. The third-order valence-electron chi connectivity index (χ3n) is 4.18. The third kappa shape index (κ3) is 8.63. The summed E-state index contributed by atoms with van der Waals surface area (Å²) in [5, 5.41) is 6.29. The average Bonchev–Trinajstić information content (AvgIpc) is 3.05. The van der Waals surface area contributed by atoms with Crippen molar-refractivity contribution in [3.63, 3.8) is 0 Å². The summed E-state index contributed by atoms with van der Waals surface area (Å²) in [4.78, 5) is 25.5. The lowest BCUT2D eigenvalue weighted by Crippen LogP contribution is -2.44. The van der Waals surface area contributed by atoms with Gasteiger partial charge in [-0.2, -0.15) is 0 Å². The molecule has 0 bridgehead atoms. The Kier molecular flexibility index (Phi) is 9.94. The van der Waals surface area contributed by atoms with Crippen LogP contribution in [0.4, 0.5) is 10.6 Å². The zero-order chi connectivity index (χ0) is 20.7. The molecule has 2 N–H and O–H groups in total. The molecule has 1 atom stereocenters. The Hall–Kier alpha value is -1.78. The summed E-state index contributed by atoms with van der Waals surface area (Å²) < 4.78 is 5.35. The molecule has 0 aromatic carbocycles. The number of hydrogen-bond donors (Lipinski definition) is 2. The van der Waals surface area contributed by atoms with Gasteiger partial charge >= 0.3 is 6.09 Å². The number of guanidine groups is 1. The molecule has 1 saturated heterocycles. The summed E-state index contributed by atoms with van der Waals surface area (Å²) in [6, 6.07) is 6.01. The Balaban J connectivity index is 0.00000420. The van der Waals surface area contributed by atoms with Gasteiger partial charge in [0.25, 0.3) is 0 Å². The number of alkyl carbamates (subject to hydrolysis) is 1. The van der Waals surface area contributed by atoms with E-state index in [1.807, 2.05) is 64.9 Å². The highest BCUT2D eigenvalue weighted by molar-refractivity contribution is 14.0. The fourth-order valence-corrected chi connectivity index (χ4v) is 2.93. The molecule has 0 aliphatic carbocycles. The van der Waals surface area contributed by atoms with Crippen molar-refractivity contribution in [2.75, 3.05) is 38.6 Å². The number of nitrogens with one attached hydrogen (secondary N) is 2.